The van der Waals surface area contributed by atoms with E-state index in [1.54, 1.807) is 23.3 Å². The Morgan fingerprint density at radius 1 is 1.38 bits per heavy atom. The van der Waals surface area contributed by atoms with Gasteiger partial charge in [0.15, 0.2) is 5.13 Å². The number of nitrogens with zero attached hydrogens (tertiary/aromatic N) is 3. The molecule has 0 fully saturated rings. The molecular weight excluding hydrogens is 304 g/mol. The van der Waals surface area contributed by atoms with E-state index in [0.29, 0.717) is 17.2 Å². The first kappa shape index (κ1) is 15.8. The van der Waals surface area contributed by atoms with Gasteiger partial charge in [0.05, 0.1) is 0 Å². The van der Waals surface area contributed by atoms with Crippen molar-refractivity contribution in [2.45, 2.75) is 20.4 Å². The first-order chi connectivity index (χ1) is 10.1. The molecule has 1 amide bonds. The predicted octanol–water partition coefficient (Wildman–Crippen LogP) is 2.91. The van der Waals surface area contributed by atoms with Gasteiger partial charge in [-0.25, -0.2) is 4.98 Å². The Morgan fingerprint density at radius 2 is 2.10 bits per heavy atom. The Labute approximate surface area is 133 Å². The van der Waals surface area contributed by atoms with Crippen molar-refractivity contribution in [2.75, 3.05) is 30.8 Å². The molecule has 2 aromatic heterocycles. The minimum atomic E-state index is -0.0744. The SMILES string of the molecule is CCN(CC)c1nc(N)c(C(=O)N(C)Cc2ccsc2)s1. The zero-order chi connectivity index (χ0) is 15.4. The van der Waals surface area contributed by atoms with Crippen LogP contribution in [0.4, 0.5) is 10.9 Å². The predicted molar refractivity (Wildman–Crippen MR) is 90.2 cm³/mol. The van der Waals surface area contributed by atoms with E-state index in [9.17, 15) is 4.79 Å². The molecule has 0 aromatic carbocycles. The van der Waals surface area contributed by atoms with E-state index in [1.807, 2.05) is 16.8 Å². The summed E-state index contributed by atoms with van der Waals surface area (Å²) >= 11 is 2.99. The molecule has 0 atom stereocenters. The molecule has 0 bridgehead atoms. The normalized spacial score (nSPS) is 10.6. The van der Waals surface area contributed by atoms with Gasteiger partial charge in [-0.2, -0.15) is 11.3 Å². The third-order valence-electron chi connectivity index (χ3n) is 3.22. The first-order valence-electron chi connectivity index (χ1n) is 6.84. The van der Waals surface area contributed by atoms with Gasteiger partial charge in [-0.05, 0) is 36.2 Å². The number of anilines is 2. The summed E-state index contributed by atoms with van der Waals surface area (Å²) in [6, 6.07) is 2.02. The Bertz CT molecular complexity index is 590. The molecule has 2 heterocycles. The average Bonchev–Trinajstić information content (AvgIpc) is 3.09. The largest absolute Gasteiger partial charge is 0.382 e. The van der Waals surface area contributed by atoms with Gasteiger partial charge >= 0.3 is 0 Å². The lowest BCUT2D eigenvalue weighted by Gasteiger charge is -2.17. The molecule has 0 aliphatic heterocycles. The summed E-state index contributed by atoms with van der Waals surface area (Å²) in [5, 5.41) is 4.86. The lowest BCUT2D eigenvalue weighted by Crippen LogP contribution is -2.25. The quantitative estimate of drug-likeness (QED) is 0.887. The highest BCUT2D eigenvalue weighted by molar-refractivity contribution is 7.18. The maximum absolute atomic E-state index is 12.5. The summed E-state index contributed by atoms with van der Waals surface area (Å²) in [6.45, 7) is 6.40. The first-order valence-corrected chi connectivity index (χ1v) is 8.60. The van der Waals surface area contributed by atoms with Crippen LogP contribution in [-0.4, -0.2) is 35.9 Å². The number of rotatable bonds is 6. The van der Waals surface area contributed by atoms with Crippen LogP contribution in [0.25, 0.3) is 0 Å². The summed E-state index contributed by atoms with van der Waals surface area (Å²) in [6.07, 6.45) is 0. The molecule has 21 heavy (non-hydrogen) atoms. The van der Waals surface area contributed by atoms with Gasteiger partial charge in [0.25, 0.3) is 5.91 Å². The maximum atomic E-state index is 12.5. The van der Waals surface area contributed by atoms with Gasteiger partial charge < -0.3 is 15.5 Å². The van der Waals surface area contributed by atoms with Gasteiger partial charge in [0.1, 0.15) is 10.7 Å². The minimum absolute atomic E-state index is 0.0744. The van der Waals surface area contributed by atoms with E-state index in [-0.39, 0.29) is 5.91 Å². The third-order valence-corrected chi connectivity index (χ3v) is 5.07. The van der Waals surface area contributed by atoms with Gasteiger partial charge in [0, 0.05) is 26.7 Å². The molecule has 2 rings (SSSR count). The second kappa shape index (κ2) is 6.91. The van der Waals surface area contributed by atoms with Crippen molar-refractivity contribution >= 4 is 39.5 Å². The van der Waals surface area contributed by atoms with Crippen LogP contribution in [-0.2, 0) is 6.54 Å². The number of amides is 1. The summed E-state index contributed by atoms with van der Waals surface area (Å²) < 4.78 is 0. The second-order valence-corrected chi connectivity index (χ2v) is 6.43. The number of nitrogen functional groups attached to an aromatic ring is 1. The molecular formula is C14H20N4OS2. The van der Waals surface area contributed by atoms with Crippen molar-refractivity contribution in [1.82, 2.24) is 9.88 Å². The van der Waals surface area contributed by atoms with Crippen molar-refractivity contribution in [1.29, 1.82) is 0 Å². The van der Waals surface area contributed by atoms with Crippen molar-refractivity contribution in [2.24, 2.45) is 0 Å². The highest BCUT2D eigenvalue weighted by atomic mass is 32.1. The number of carbonyl (C=O) groups excluding carboxylic acids is 1. The van der Waals surface area contributed by atoms with Crippen LogP contribution >= 0.6 is 22.7 Å². The topological polar surface area (TPSA) is 62.5 Å². The number of thiazole rings is 1. The van der Waals surface area contributed by atoms with Gasteiger partial charge in [-0.3, -0.25) is 4.79 Å². The molecule has 0 saturated heterocycles. The molecule has 2 aromatic rings. The maximum Gasteiger partial charge on any atom is 0.267 e. The van der Waals surface area contributed by atoms with Crippen molar-refractivity contribution < 1.29 is 4.79 Å². The Kier molecular flexibility index (Phi) is 5.19. The van der Waals surface area contributed by atoms with Crippen LogP contribution in [0.2, 0.25) is 0 Å². The summed E-state index contributed by atoms with van der Waals surface area (Å²) in [5.74, 6) is 0.249. The molecule has 114 valence electrons. The number of hydrogen-bond donors (Lipinski definition) is 1. The molecule has 0 aliphatic rings. The van der Waals surface area contributed by atoms with E-state index in [4.69, 9.17) is 5.73 Å². The van der Waals surface area contributed by atoms with E-state index >= 15 is 0 Å². The summed E-state index contributed by atoms with van der Waals surface area (Å²) in [7, 11) is 1.79. The second-order valence-electron chi connectivity index (χ2n) is 4.68. The number of aromatic nitrogens is 1. The zero-order valence-electron chi connectivity index (χ0n) is 12.5. The molecule has 5 nitrogen and oxygen atoms in total. The number of thiophene rings is 1. The van der Waals surface area contributed by atoms with E-state index < -0.39 is 0 Å². The molecule has 0 spiro atoms. The molecule has 0 aliphatic carbocycles. The Hall–Kier alpha value is -1.60. The number of carbonyl (C=O) groups is 1. The fourth-order valence-corrected chi connectivity index (χ4v) is 3.77. The van der Waals surface area contributed by atoms with Crippen LogP contribution in [0.15, 0.2) is 16.8 Å². The minimum Gasteiger partial charge on any atom is -0.382 e. The smallest absolute Gasteiger partial charge is 0.267 e. The van der Waals surface area contributed by atoms with Gasteiger partial charge in [-0.15, -0.1) is 0 Å². The third kappa shape index (κ3) is 3.54. The van der Waals surface area contributed by atoms with Crippen molar-refractivity contribution in [3.05, 3.63) is 27.3 Å². The fourth-order valence-electron chi connectivity index (χ4n) is 2.00. The lowest BCUT2D eigenvalue weighted by atomic mass is 10.3. The van der Waals surface area contributed by atoms with Crippen molar-refractivity contribution in [3.63, 3.8) is 0 Å². The highest BCUT2D eigenvalue weighted by Gasteiger charge is 2.21. The van der Waals surface area contributed by atoms with Gasteiger partial charge in [0.2, 0.25) is 0 Å². The van der Waals surface area contributed by atoms with Crippen LogP contribution in [0.1, 0.15) is 29.1 Å². The number of hydrogen-bond acceptors (Lipinski definition) is 6. The van der Waals surface area contributed by atoms with E-state index in [2.05, 4.69) is 23.7 Å². The highest BCUT2D eigenvalue weighted by Crippen LogP contribution is 2.29. The lowest BCUT2D eigenvalue weighted by molar-refractivity contribution is 0.0791. The van der Waals surface area contributed by atoms with Crippen LogP contribution in [0.5, 0.6) is 0 Å². The van der Waals surface area contributed by atoms with Crippen molar-refractivity contribution in [3.8, 4) is 0 Å². The monoisotopic (exact) mass is 324 g/mol. The van der Waals surface area contributed by atoms with E-state index in [0.717, 1.165) is 23.8 Å². The number of nitrogens with two attached hydrogens (primary N) is 1. The molecule has 0 radical (unpaired) electrons. The Balaban J connectivity index is 2.15. The molecule has 7 heteroatoms. The summed E-state index contributed by atoms with van der Waals surface area (Å²) in [4.78, 5) is 21.1. The molecule has 0 unspecified atom stereocenters. The zero-order valence-corrected chi connectivity index (χ0v) is 14.1. The standard InChI is InChI=1S/C14H20N4OS2/c1-4-18(5-2)14-16-12(15)11(21-14)13(19)17(3)8-10-6-7-20-9-10/h6-7,9H,4-5,8,15H2,1-3H3. The average molecular weight is 324 g/mol. The van der Waals surface area contributed by atoms with Gasteiger partial charge in [-0.1, -0.05) is 11.3 Å². The van der Waals surface area contributed by atoms with Crippen LogP contribution < -0.4 is 10.6 Å². The molecule has 2 N–H and O–H groups in total. The van der Waals surface area contributed by atoms with E-state index in [1.165, 1.54) is 11.3 Å². The fraction of sp³-hybridized carbons (Fsp3) is 0.429. The summed E-state index contributed by atoms with van der Waals surface area (Å²) in [5.41, 5.74) is 7.06. The van der Waals surface area contributed by atoms with Crippen LogP contribution in [0, 0.1) is 0 Å². The molecule has 0 saturated carbocycles. The Morgan fingerprint density at radius 3 is 2.67 bits per heavy atom. The van der Waals surface area contributed by atoms with Crippen LogP contribution in [0.3, 0.4) is 0 Å².